The summed E-state index contributed by atoms with van der Waals surface area (Å²) in [4.78, 5) is 27.7. The second-order valence-electron chi connectivity index (χ2n) is 8.15. The molecule has 0 atom stereocenters. The van der Waals surface area contributed by atoms with Crippen LogP contribution in [0.3, 0.4) is 0 Å². The van der Waals surface area contributed by atoms with Crippen LogP contribution >= 0.6 is 0 Å². The van der Waals surface area contributed by atoms with Crippen molar-refractivity contribution in [1.29, 1.82) is 0 Å². The van der Waals surface area contributed by atoms with Gasteiger partial charge in [-0.3, -0.25) is 9.59 Å². The minimum atomic E-state index is -0.231. The highest BCUT2D eigenvalue weighted by Crippen LogP contribution is 2.11. The first-order valence-corrected chi connectivity index (χ1v) is 11.1. The lowest BCUT2D eigenvalue weighted by atomic mass is 10.1. The molecule has 4 rings (SSSR count). The number of aromatic nitrogens is 2. The maximum atomic E-state index is 13.5. The van der Waals surface area contributed by atoms with Gasteiger partial charge in [-0.25, -0.2) is 4.68 Å². The van der Waals surface area contributed by atoms with Crippen LogP contribution in [0.25, 0.3) is 0 Å². The van der Waals surface area contributed by atoms with Crippen LogP contribution in [0.1, 0.15) is 32.7 Å². The van der Waals surface area contributed by atoms with Crippen molar-refractivity contribution >= 4 is 5.91 Å². The van der Waals surface area contributed by atoms with Crippen molar-refractivity contribution in [3.05, 3.63) is 135 Å². The Morgan fingerprint density at radius 3 is 2.09 bits per heavy atom. The average molecular weight is 438 g/mol. The first-order chi connectivity index (χ1) is 16.1. The van der Waals surface area contributed by atoms with E-state index in [0.29, 0.717) is 19.6 Å². The van der Waals surface area contributed by atoms with Gasteiger partial charge in [-0.15, -0.1) is 0 Å². The third-order valence-corrected chi connectivity index (χ3v) is 5.56. The van der Waals surface area contributed by atoms with Crippen LogP contribution in [-0.2, 0) is 19.5 Å². The monoisotopic (exact) mass is 437 g/mol. The van der Waals surface area contributed by atoms with Gasteiger partial charge in [0.15, 0.2) is 0 Å². The Bertz CT molecular complexity index is 1250. The lowest BCUT2D eigenvalue weighted by molar-refractivity contribution is 0.0736. The highest BCUT2D eigenvalue weighted by molar-refractivity contribution is 5.92. The summed E-state index contributed by atoms with van der Waals surface area (Å²) in [5, 5.41) is 4.42. The van der Waals surface area contributed by atoms with Gasteiger partial charge in [-0.05, 0) is 36.1 Å². The molecule has 0 spiro atoms. The number of nitrogens with zero attached hydrogens (tertiary/aromatic N) is 3. The quantitative estimate of drug-likeness (QED) is 0.408. The second-order valence-corrected chi connectivity index (χ2v) is 8.15. The Balaban J connectivity index is 1.57. The summed E-state index contributed by atoms with van der Waals surface area (Å²) in [7, 11) is 0. The van der Waals surface area contributed by atoms with E-state index in [1.807, 2.05) is 79.7 Å². The Hall–Kier alpha value is -3.99. The molecule has 0 aliphatic rings. The van der Waals surface area contributed by atoms with Crippen molar-refractivity contribution in [1.82, 2.24) is 14.7 Å². The van der Waals surface area contributed by atoms with E-state index in [1.165, 1.54) is 22.4 Å². The van der Waals surface area contributed by atoms with Gasteiger partial charge in [0.05, 0.1) is 6.54 Å². The van der Waals surface area contributed by atoms with E-state index in [2.05, 4.69) is 17.2 Å². The van der Waals surface area contributed by atoms with Crippen LogP contribution in [0.4, 0.5) is 0 Å². The first kappa shape index (κ1) is 22.2. The van der Waals surface area contributed by atoms with Crippen LogP contribution < -0.4 is 5.56 Å². The number of hydrogen-bond acceptors (Lipinski definition) is 3. The molecule has 0 unspecified atom stereocenters. The lowest BCUT2D eigenvalue weighted by Gasteiger charge is -2.23. The minimum Gasteiger partial charge on any atom is -0.333 e. The molecule has 0 N–H and O–H groups in total. The SMILES string of the molecule is Cc1ccc(Cn2nc(C(=O)N(CCc3ccccc3)Cc3ccccc3)ccc2=O)cc1. The number of benzene rings is 3. The van der Waals surface area contributed by atoms with Crippen LogP contribution in [0.15, 0.2) is 102 Å². The summed E-state index contributed by atoms with van der Waals surface area (Å²) in [5.41, 5.74) is 4.37. The molecule has 1 heterocycles. The standard InChI is InChI=1S/C28H27N3O2/c1-22-12-14-25(15-13-22)21-31-27(32)17-16-26(29-31)28(33)30(20-24-10-6-3-7-11-24)19-18-23-8-4-2-5-9-23/h2-17H,18-21H2,1H3. The van der Waals surface area contributed by atoms with Crippen LogP contribution in [0.2, 0.25) is 0 Å². The minimum absolute atomic E-state index is 0.188. The molecule has 1 aromatic heterocycles. The molecule has 166 valence electrons. The number of amides is 1. The Labute approximate surface area is 193 Å². The zero-order valence-electron chi connectivity index (χ0n) is 18.7. The van der Waals surface area contributed by atoms with E-state index in [-0.39, 0.29) is 17.2 Å². The maximum Gasteiger partial charge on any atom is 0.274 e. The topological polar surface area (TPSA) is 55.2 Å². The van der Waals surface area contributed by atoms with Gasteiger partial charge in [-0.2, -0.15) is 5.10 Å². The number of carbonyl (C=O) groups excluding carboxylic acids is 1. The molecule has 0 saturated carbocycles. The van der Waals surface area contributed by atoms with Crippen LogP contribution in [-0.4, -0.2) is 27.1 Å². The van der Waals surface area contributed by atoms with Gasteiger partial charge >= 0.3 is 0 Å². The van der Waals surface area contributed by atoms with Gasteiger partial charge < -0.3 is 4.90 Å². The predicted octanol–water partition coefficient (Wildman–Crippen LogP) is 4.49. The molecule has 0 saturated heterocycles. The Morgan fingerprint density at radius 2 is 1.42 bits per heavy atom. The van der Waals surface area contributed by atoms with E-state index in [9.17, 15) is 9.59 Å². The molecular formula is C28H27N3O2. The predicted molar refractivity (Wildman–Crippen MR) is 130 cm³/mol. The number of aryl methyl sites for hydroxylation is 1. The van der Waals surface area contributed by atoms with E-state index in [1.54, 1.807) is 4.90 Å². The molecule has 1 amide bonds. The summed E-state index contributed by atoms with van der Waals surface area (Å²) in [5.74, 6) is -0.188. The van der Waals surface area contributed by atoms with Crippen molar-refractivity contribution in [3.8, 4) is 0 Å². The molecule has 0 bridgehead atoms. The smallest absolute Gasteiger partial charge is 0.274 e. The maximum absolute atomic E-state index is 13.5. The zero-order valence-corrected chi connectivity index (χ0v) is 18.7. The molecule has 0 fully saturated rings. The average Bonchev–Trinajstić information content (AvgIpc) is 2.85. The van der Waals surface area contributed by atoms with Crippen molar-refractivity contribution in [2.75, 3.05) is 6.54 Å². The summed E-state index contributed by atoms with van der Waals surface area (Å²) in [6.07, 6.45) is 0.739. The highest BCUT2D eigenvalue weighted by atomic mass is 16.2. The summed E-state index contributed by atoms with van der Waals surface area (Å²) < 4.78 is 1.36. The van der Waals surface area contributed by atoms with Crippen molar-refractivity contribution in [2.24, 2.45) is 0 Å². The summed E-state index contributed by atoms with van der Waals surface area (Å²) in [6, 6.07) is 30.9. The van der Waals surface area contributed by atoms with E-state index >= 15 is 0 Å². The van der Waals surface area contributed by atoms with E-state index in [0.717, 1.165) is 23.1 Å². The molecule has 3 aromatic carbocycles. The normalized spacial score (nSPS) is 10.7. The van der Waals surface area contributed by atoms with Gasteiger partial charge in [0.2, 0.25) is 0 Å². The highest BCUT2D eigenvalue weighted by Gasteiger charge is 2.19. The molecule has 5 heteroatoms. The molecule has 33 heavy (non-hydrogen) atoms. The summed E-state index contributed by atoms with van der Waals surface area (Å²) >= 11 is 0. The van der Waals surface area contributed by atoms with Gasteiger partial charge in [0.25, 0.3) is 11.5 Å². The molecule has 0 aliphatic carbocycles. The third kappa shape index (κ3) is 6.04. The largest absolute Gasteiger partial charge is 0.333 e. The second kappa shape index (κ2) is 10.6. The fourth-order valence-corrected chi connectivity index (χ4v) is 3.67. The van der Waals surface area contributed by atoms with Crippen molar-refractivity contribution in [3.63, 3.8) is 0 Å². The number of rotatable bonds is 8. The van der Waals surface area contributed by atoms with Gasteiger partial charge in [-0.1, -0.05) is 90.5 Å². The zero-order chi connectivity index (χ0) is 23.0. The molecule has 5 nitrogen and oxygen atoms in total. The van der Waals surface area contributed by atoms with E-state index in [4.69, 9.17) is 0 Å². The third-order valence-electron chi connectivity index (χ3n) is 5.56. The molecule has 4 aromatic rings. The first-order valence-electron chi connectivity index (χ1n) is 11.1. The van der Waals surface area contributed by atoms with Crippen molar-refractivity contribution < 1.29 is 4.79 Å². The van der Waals surface area contributed by atoms with Gasteiger partial charge in [0.1, 0.15) is 5.69 Å². The fourth-order valence-electron chi connectivity index (χ4n) is 3.67. The van der Waals surface area contributed by atoms with Crippen LogP contribution in [0, 0.1) is 6.92 Å². The van der Waals surface area contributed by atoms with Gasteiger partial charge in [0, 0.05) is 19.2 Å². The molecular weight excluding hydrogens is 410 g/mol. The molecule has 0 aliphatic heterocycles. The number of hydrogen-bond donors (Lipinski definition) is 0. The fraction of sp³-hybridized carbons (Fsp3) is 0.179. The Morgan fingerprint density at radius 1 is 0.788 bits per heavy atom. The Kier molecular flexibility index (Phi) is 7.10. The molecule has 0 radical (unpaired) electrons. The lowest BCUT2D eigenvalue weighted by Crippen LogP contribution is -2.35. The van der Waals surface area contributed by atoms with Crippen LogP contribution in [0.5, 0.6) is 0 Å². The summed E-state index contributed by atoms with van der Waals surface area (Å²) in [6.45, 7) is 3.37. The van der Waals surface area contributed by atoms with Crippen molar-refractivity contribution in [2.45, 2.75) is 26.4 Å². The van der Waals surface area contributed by atoms with E-state index < -0.39 is 0 Å². The number of carbonyl (C=O) groups is 1.